The van der Waals surface area contributed by atoms with E-state index in [9.17, 15) is 4.79 Å². The average molecular weight is 455 g/mol. The van der Waals surface area contributed by atoms with Crippen LogP contribution in [0.3, 0.4) is 0 Å². The largest absolute Gasteiger partial charge is 0.379 e. The molecule has 0 fully saturated rings. The van der Waals surface area contributed by atoms with Gasteiger partial charge in [0, 0.05) is 19.6 Å². The van der Waals surface area contributed by atoms with Gasteiger partial charge in [-0.05, 0) is 33.9 Å². The molecule has 0 saturated heterocycles. The molecule has 2 atom stereocenters. The predicted molar refractivity (Wildman–Crippen MR) is 138 cm³/mol. The maximum atomic E-state index is 12.0. The number of methoxy groups -OCH3 is 1. The van der Waals surface area contributed by atoms with Crippen LogP contribution < -0.4 is 0 Å². The zero-order chi connectivity index (χ0) is 23.9. The van der Waals surface area contributed by atoms with Crippen LogP contribution in [0.25, 0.3) is 0 Å². The molecule has 0 saturated carbocycles. The highest BCUT2D eigenvalue weighted by Crippen LogP contribution is 2.14. The van der Waals surface area contributed by atoms with Crippen LogP contribution in [0.5, 0.6) is 0 Å². The molecule has 0 aliphatic heterocycles. The molecule has 1 radical (unpaired) electrons. The second kappa shape index (κ2) is 23.7. The second-order valence-corrected chi connectivity index (χ2v) is 9.82. The van der Waals surface area contributed by atoms with Crippen molar-refractivity contribution in [1.82, 2.24) is 4.90 Å². The molecule has 4 heteroatoms. The smallest absolute Gasteiger partial charge is 0.158 e. The van der Waals surface area contributed by atoms with Crippen LogP contribution in [0.15, 0.2) is 0 Å². The maximum absolute atomic E-state index is 12.0. The molecule has 0 rings (SSSR count). The molecule has 0 aromatic carbocycles. The minimum absolute atomic E-state index is 0.0109. The van der Waals surface area contributed by atoms with Crippen molar-refractivity contribution in [2.45, 2.75) is 135 Å². The van der Waals surface area contributed by atoms with Crippen LogP contribution in [-0.2, 0) is 14.3 Å². The Morgan fingerprint density at radius 3 is 1.62 bits per heavy atom. The van der Waals surface area contributed by atoms with Crippen molar-refractivity contribution in [2.75, 3.05) is 34.4 Å². The lowest BCUT2D eigenvalue weighted by Gasteiger charge is -2.24. The molecule has 0 heterocycles. The van der Waals surface area contributed by atoms with Crippen LogP contribution in [0.4, 0.5) is 0 Å². The van der Waals surface area contributed by atoms with E-state index in [0.717, 1.165) is 19.3 Å². The Kier molecular flexibility index (Phi) is 23.4. The lowest BCUT2D eigenvalue weighted by molar-refractivity contribution is -0.125. The normalized spacial score (nSPS) is 13.6. The lowest BCUT2D eigenvalue weighted by Crippen LogP contribution is -2.32. The topological polar surface area (TPSA) is 38.8 Å². The molecule has 0 amide bonds. The molecule has 2 unspecified atom stereocenters. The number of nitrogens with zero attached hydrogens (tertiary/aromatic N) is 1. The minimum atomic E-state index is -0.0109. The van der Waals surface area contributed by atoms with E-state index >= 15 is 0 Å². The first-order valence-electron chi connectivity index (χ1n) is 13.6. The molecule has 191 valence electrons. The standard InChI is InChI=1S/C28H56NO3/c1-6-7-8-9-10-11-12-13-14-15-16-17-18-19-20-21-22-27(30)24-32-25-28(31-5)23-26(2)29(3)4/h26,28H,2,6-25H2,1,3-5H3. The van der Waals surface area contributed by atoms with Crippen molar-refractivity contribution < 1.29 is 14.3 Å². The highest BCUT2D eigenvalue weighted by atomic mass is 16.5. The summed E-state index contributed by atoms with van der Waals surface area (Å²) in [6.07, 6.45) is 23.1. The third kappa shape index (κ3) is 21.4. The Bertz CT molecular complexity index is 400. The van der Waals surface area contributed by atoms with Crippen molar-refractivity contribution in [3.05, 3.63) is 6.92 Å². The first kappa shape index (κ1) is 31.6. The molecule has 0 aromatic rings. The number of carbonyl (C=O) groups is 1. The molecule has 0 N–H and O–H groups in total. The first-order valence-corrected chi connectivity index (χ1v) is 13.6. The van der Waals surface area contributed by atoms with E-state index in [0.29, 0.717) is 13.0 Å². The summed E-state index contributed by atoms with van der Waals surface area (Å²) in [5, 5.41) is 0. The van der Waals surface area contributed by atoms with Crippen molar-refractivity contribution in [2.24, 2.45) is 0 Å². The summed E-state index contributed by atoms with van der Waals surface area (Å²) in [7, 11) is 5.70. The van der Waals surface area contributed by atoms with E-state index in [1.165, 1.54) is 89.9 Å². The molecule has 0 aliphatic carbocycles. The third-order valence-electron chi connectivity index (χ3n) is 6.47. The quantitative estimate of drug-likeness (QED) is 0.135. The number of unbranched alkanes of at least 4 members (excludes halogenated alkanes) is 15. The van der Waals surface area contributed by atoms with Gasteiger partial charge in [-0.2, -0.15) is 0 Å². The highest BCUT2D eigenvalue weighted by molar-refractivity contribution is 5.79. The Labute approximate surface area is 201 Å². The lowest BCUT2D eigenvalue weighted by atomic mass is 10.0. The zero-order valence-corrected chi connectivity index (χ0v) is 22.2. The van der Waals surface area contributed by atoms with Crippen molar-refractivity contribution in [3.8, 4) is 0 Å². The average Bonchev–Trinajstić information content (AvgIpc) is 2.77. The van der Waals surface area contributed by atoms with Gasteiger partial charge in [-0.15, -0.1) is 0 Å². The van der Waals surface area contributed by atoms with Gasteiger partial charge in [0.15, 0.2) is 5.78 Å². The fourth-order valence-corrected chi connectivity index (χ4v) is 3.99. The van der Waals surface area contributed by atoms with Gasteiger partial charge >= 0.3 is 0 Å². The van der Waals surface area contributed by atoms with Crippen LogP contribution >= 0.6 is 0 Å². The molecular weight excluding hydrogens is 398 g/mol. The SMILES string of the molecule is [CH2]C(CC(COCC(=O)CCCCCCCCCCCCCCCCCC)OC)N(C)C. The van der Waals surface area contributed by atoms with Crippen molar-refractivity contribution >= 4 is 5.78 Å². The van der Waals surface area contributed by atoms with Crippen LogP contribution in [0.2, 0.25) is 0 Å². The van der Waals surface area contributed by atoms with Gasteiger partial charge in [0.1, 0.15) is 6.61 Å². The summed E-state index contributed by atoms with van der Waals surface area (Å²) >= 11 is 0. The van der Waals surface area contributed by atoms with Gasteiger partial charge in [-0.1, -0.05) is 103 Å². The Morgan fingerprint density at radius 2 is 1.22 bits per heavy atom. The van der Waals surface area contributed by atoms with Crippen LogP contribution in [0.1, 0.15) is 122 Å². The molecule has 0 bridgehead atoms. The summed E-state index contributed by atoms with van der Waals surface area (Å²) < 4.78 is 11.0. The summed E-state index contributed by atoms with van der Waals surface area (Å²) in [6.45, 7) is 7.05. The van der Waals surface area contributed by atoms with Gasteiger partial charge in [0.05, 0.1) is 12.7 Å². The van der Waals surface area contributed by atoms with Gasteiger partial charge < -0.3 is 14.4 Å². The molecular formula is C28H56NO3. The maximum Gasteiger partial charge on any atom is 0.158 e. The molecule has 4 nitrogen and oxygen atoms in total. The zero-order valence-electron chi connectivity index (χ0n) is 22.2. The number of hydrogen-bond acceptors (Lipinski definition) is 4. The van der Waals surface area contributed by atoms with Crippen molar-refractivity contribution in [3.63, 3.8) is 0 Å². The summed E-state index contributed by atoms with van der Waals surface area (Å²) in [5.74, 6) is 0.212. The Balaban J connectivity index is 3.37. The number of ketones is 1. The Morgan fingerprint density at radius 1 is 0.781 bits per heavy atom. The summed E-state index contributed by atoms with van der Waals surface area (Å²) in [5.41, 5.74) is 0. The van der Waals surface area contributed by atoms with Crippen LogP contribution in [-0.4, -0.2) is 57.2 Å². The van der Waals surface area contributed by atoms with E-state index < -0.39 is 0 Å². The van der Waals surface area contributed by atoms with Gasteiger partial charge in [0.2, 0.25) is 0 Å². The number of hydrogen-bond donors (Lipinski definition) is 0. The minimum Gasteiger partial charge on any atom is -0.379 e. The summed E-state index contributed by atoms with van der Waals surface area (Å²) in [6, 6.07) is 0.185. The number of ether oxygens (including phenoxy) is 2. The van der Waals surface area contributed by atoms with Crippen LogP contribution in [0, 0.1) is 6.92 Å². The Hall–Kier alpha value is -0.450. The van der Waals surface area contributed by atoms with E-state index in [-0.39, 0.29) is 24.5 Å². The fraction of sp³-hybridized carbons (Fsp3) is 0.929. The number of Topliss-reactive ketones (excluding diaryl/α,β-unsaturated/α-hetero) is 1. The second-order valence-electron chi connectivity index (χ2n) is 9.82. The predicted octanol–water partition coefficient (Wildman–Crippen LogP) is 7.39. The van der Waals surface area contributed by atoms with Crippen molar-refractivity contribution in [1.29, 1.82) is 0 Å². The number of rotatable bonds is 25. The van der Waals surface area contributed by atoms with Gasteiger partial charge in [0.25, 0.3) is 0 Å². The van der Waals surface area contributed by atoms with E-state index in [2.05, 4.69) is 18.7 Å². The first-order chi connectivity index (χ1) is 15.5. The number of carbonyl (C=O) groups excluding carboxylic acids is 1. The van der Waals surface area contributed by atoms with E-state index in [4.69, 9.17) is 9.47 Å². The molecule has 0 spiro atoms. The molecule has 0 aromatic heterocycles. The highest BCUT2D eigenvalue weighted by Gasteiger charge is 2.15. The van der Waals surface area contributed by atoms with Gasteiger partial charge in [-0.3, -0.25) is 4.79 Å². The summed E-state index contributed by atoms with van der Waals surface area (Å²) in [4.78, 5) is 14.1. The monoisotopic (exact) mass is 454 g/mol. The van der Waals surface area contributed by atoms with E-state index in [1.807, 2.05) is 14.1 Å². The van der Waals surface area contributed by atoms with Gasteiger partial charge in [-0.25, -0.2) is 0 Å². The third-order valence-corrected chi connectivity index (χ3v) is 6.47. The fourth-order valence-electron chi connectivity index (χ4n) is 3.99. The molecule has 0 aliphatic rings. The molecule has 32 heavy (non-hydrogen) atoms. The van der Waals surface area contributed by atoms with E-state index in [1.54, 1.807) is 7.11 Å².